The predicted octanol–water partition coefficient (Wildman–Crippen LogP) is 1.04. The highest BCUT2D eigenvalue weighted by molar-refractivity contribution is 5.92. The van der Waals surface area contributed by atoms with Gasteiger partial charge in [0.05, 0.1) is 12.2 Å². The van der Waals surface area contributed by atoms with Crippen LogP contribution in [0.3, 0.4) is 0 Å². The summed E-state index contributed by atoms with van der Waals surface area (Å²) in [6.45, 7) is 2.67. The van der Waals surface area contributed by atoms with Crippen LogP contribution >= 0.6 is 0 Å². The van der Waals surface area contributed by atoms with Crippen LogP contribution in [0.4, 0.5) is 10.1 Å². The Morgan fingerprint density at radius 3 is 2.76 bits per heavy atom. The lowest BCUT2D eigenvalue weighted by Crippen LogP contribution is -2.37. The van der Waals surface area contributed by atoms with E-state index < -0.39 is 5.82 Å². The van der Waals surface area contributed by atoms with Crippen LogP contribution in [-0.4, -0.2) is 37.0 Å². The Balaban J connectivity index is 2.47. The number of carbonyl (C=O) groups excluding carboxylic acids is 1. The molecule has 94 valence electrons. The van der Waals surface area contributed by atoms with Crippen molar-refractivity contribution in [3.8, 4) is 0 Å². The second-order valence-corrected chi connectivity index (χ2v) is 4.20. The molecule has 1 unspecified atom stereocenters. The standard InChI is InChI=1S/C12H18FN3O/c1-9(14)7-16(2)8-12(17)15-11-6-4-3-5-10(11)13/h3-6,9H,7-8,14H2,1-2H3,(H,15,17). The van der Waals surface area contributed by atoms with Gasteiger partial charge in [0.2, 0.25) is 5.91 Å². The van der Waals surface area contributed by atoms with Crippen LogP contribution in [0.15, 0.2) is 24.3 Å². The minimum Gasteiger partial charge on any atom is -0.327 e. The SMILES string of the molecule is CC(N)CN(C)CC(=O)Nc1ccccc1F. The molecule has 0 aliphatic rings. The summed E-state index contributed by atoms with van der Waals surface area (Å²) in [4.78, 5) is 13.4. The molecule has 3 N–H and O–H groups in total. The van der Waals surface area contributed by atoms with Crippen molar-refractivity contribution in [1.29, 1.82) is 0 Å². The summed E-state index contributed by atoms with van der Waals surface area (Å²) in [7, 11) is 1.80. The van der Waals surface area contributed by atoms with Crippen molar-refractivity contribution in [1.82, 2.24) is 4.90 Å². The van der Waals surface area contributed by atoms with E-state index in [0.717, 1.165) is 0 Å². The van der Waals surface area contributed by atoms with Gasteiger partial charge < -0.3 is 11.1 Å². The molecule has 17 heavy (non-hydrogen) atoms. The molecule has 0 fully saturated rings. The quantitative estimate of drug-likeness (QED) is 0.807. The highest BCUT2D eigenvalue weighted by atomic mass is 19.1. The molecule has 1 rings (SSSR count). The first-order valence-electron chi connectivity index (χ1n) is 5.47. The van der Waals surface area contributed by atoms with E-state index in [1.165, 1.54) is 12.1 Å². The van der Waals surface area contributed by atoms with Gasteiger partial charge in [-0.25, -0.2) is 4.39 Å². The van der Waals surface area contributed by atoms with Crippen LogP contribution in [-0.2, 0) is 4.79 Å². The number of likely N-dealkylation sites (N-methyl/N-ethyl adjacent to an activating group) is 1. The van der Waals surface area contributed by atoms with Crippen molar-refractivity contribution >= 4 is 11.6 Å². The van der Waals surface area contributed by atoms with E-state index in [1.807, 2.05) is 6.92 Å². The van der Waals surface area contributed by atoms with E-state index >= 15 is 0 Å². The number of amides is 1. The average Bonchev–Trinajstić information content (AvgIpc) is 2.19. The molecule has 0 saturated carbocycles. The first-order chi connectivity index (χ1) is 7.99. The molecule has 0 bridgehead atoms. The second-order valence-electron chi connectivity index (χ2n) is 4.20. The molecule has 1 aromatic rings. The predicted molar refractivity (Wildman–Crippen MR) is 66.2 cm³/mol. The Bertz CT molecular complexity index is 382. The number of rotatable bonds is 5. The summed E-state index contributed by atoms with van der Waals surface area (Å²) in [5, 5.41) is 2.52. The molecule has 1 atom stereocenters. The van der Waals surface area contributed by atoms with Gasteiger partial charge in [-0.15, -0.1) is 0 Å². The van der Waals surface area contributed by atoms with Crippen molar-refractivity contribution < 1.29 is 9.18 Å². The van der Waals surface area contributed by atoms with Gasteiger partial charge in [0.1, 0.15) is 5.82 Å². The van der Waals surface area contributed by atoms with Gasteiger partial charge in [-0.1, -0.05) is 12.1 Å². The van der Waals surface area contributed by atoms with E-state index in [-0.39, 0.29) is 24.2 Å². The molecule has 0 aliphatic heterocycles. The molecule has 4 nitrogen and oxygen atoms in total. The number of para-hydroxylation sites is 1. The van der Waals surface area contributed by atoms with E-state index in [1.54, 1.807) is 24.1 Å². The third kappa shape index (κ3) is 4.93. The van der Waals surface area contributed by atoms with Gasteiger partial charge in [0, 0.05) is 12.6 Å². The van der Waals surface area contributed by atoms with Crippen molar-refractivity contribution in [2.75, 3.05) is 25.5 Å². The Morgan fingerprint density at radius 2 is 2.18 bits per heavy atom. The van der Waals surface area contributed by atoms with Crippen LogP contribution in [0.2, 0.25) is 0 Å². The van der Waals surface area contributed by atoms with Crippen LogP contribution in [0.25, 0.3) is 0 Å². The maximum atomic E-state index is 13.2. The smallest absolute Gasteiger partial charge is 0.238 e. The Morgan fingerprint density at radius 1 is 1.53 bits per heavy atom. The van der Waals surface area contributed by atoms with Gasteiger partial charge in [-0.05, 0) is 26.1 Å². The number of nitrogens with two attached hydrogens (primary N) is 1. The minimum atomic E-state index is -0.435. The number of nitrogens with zero attached hydrogens (tertiary/aromatic N) is 1. The van der Waals surface area contributed by atoms with Crippen molar-refractivity contribution in [3.05, 3.63) is 30.1 Å². The number of hydrogen-bond donors (Lipinski definition) is 2. The highest BCUT2D eigenvalue weighted by Crippen LogP contribution is 2.11. The average molecular weight is 239 g/mol. The lowest BCUT2D eigenvalue weighted by molar-refractivity contribution is -0.117. The lowest BCUT2D eigenvalue weighted by atomic mass is 10.3. The molecular weight excluding hydrogens is 221 g/mol. The molecule has 0 saturated heterocycles. The molecule has 0 aliphatic carbocycles. The summed E-state index contributed by atoms with van der Waals surface area (Å²) in [5.41, 5.74) is 5.81. The zero-order valence-electron chi connectivity index (χ0n) is 10.1. The third-order valence-electron chi connectivity index (χ3n) is 2.16. The fourth-order valence-electron chi connectivity index (χ4n) is 1.55. The van der Waals surface area contributed by atoms with E-state index in [0.29, 0.717) is 6.54 Å². The number of halogens is 1. The number of nitrogens with one attached hydrogen (secondary N) is 1. The summed E-state index contributed by atoms with van der Waals surface area (Å²) in [6, 6.07) is 6.08. The summed E-state index contributed by atoms with van der Waals surface area (Å²) >= 11 is 0. The highest BCUT2D eigenvalue weighted by Gasteiger charge is 2.10. The summed E-state index contributed by atoms with van der Waals surface area (Å²) in [5.74, 6) is -0.686. The summed E-state index contributed by atoms with van der Waals surface area (Å²) in [6.07, 6.45) is 0. The van der Waals surface area contributed by atoms with Crippen LogP contribution in [0.5, 0.6) is 0 Å². The van der Waals surface area contributed by atoms with Crippen molar-refractivity contribution in [2.45, 2.75) is 13.0 Å². The van der Waals surface area contributed by atoms with Crippen molar-refractivity contribution in [2.24, 2.45) is 5.73 Å². The van der Waals surface area contributed by atoms with Gasteiger partial charge in [0.25, 0.3) is 0 Å². The van der Waals surface area contributed by atoms with Crippen LogP contribution in [0.1, 0.15) is 6.92 Å². The minimum absolute atomic E-state index is 0.00117. The van der Waals surface area contributed by atoms with Gasteiger partial charge in [-0.2, -0.15) is 0 Å². The maximum absolute atomic E-state index is 13.2. The van der Waals surface area contributed by atoms with Crippen LogP contribution in [0, 0.1) is 5.82 Å². The molecule has 5 heteroatoms. The molecule has 1 amide bonds. The van der Waals surface area contributed by atoms with E-state index in [2.05, 4.69) is 5.32 Å². The maximum Gasteiger partial charge on any atom is 0.238 e. The van der Waals surface area contributed by atoms with Crippen LogP contribution < -0.4 is 11.1 Å². The van der Waals surface area contributed by atoms with E-state index in [9.17, 15) is 9.18 Å². The normalized spacial score (nSPS) is 12.5. The first-order valence-corrected chi connectivity index (χ1v) is 5.47. The number of carbonyl (C=O) groups is 1. The number of anilines is 1. The number of hydrogen-bond acceptors (Lipinski definition) is 3. The Labute approximate surface area is 101 Å². The molecule has 0 radical (unpaired) electrons. The topological polar surface area (TPSA) is 58.4 Å². The Kier molecular flexibility index (Phi) is 5.06. The largest absolute Gasteiger partial charge is 0.327 e. The lowest BCUT2D eigenvalue weighted by Gasteiger charge is -2.18. The molecule has 0 aromatic heterocycles. The fourth-order valence-corrected chi connectivity index (χ4v) is 1.55. The van der Waals surface area contributed by atoms with Gasteiger partial charge in [-0.3, -0.25) is 9.69 Å². The van der Waals surface area contributed by atoms with Crippen molar-refractivity contribution in [3.63, 3.8) is 0 Å². The van der Waals surface area contributed by atoms with Gasteiger partial charge >= 0.3 is 0 Å². The monoisotopic (exact) mass is 239 g/mol. The second kappa shape index (κ2) is 6.32. The Hall–Kier alpha value is -1.46. The molecule has 0 spiro atoms. The fraction of sp³-hybridized carbons (Fsp3) is 0.417. The van der Waals surface area contributed by atoms with Gasteiger partial charge in [0.15, 0.2) is 0 Å². The molecular formula is C12H18FN3O. The summed E-state index contributed by atoms with van der Waals surface area (Å²) < 4.78 is 13.2. The zero-order chi connectivity index (χ0) is 12.8. The molecule has 1 aromatic carbocycles. The first kappa shape index (κ1) is 13.6. The zero-order valence-corrected chi connectivity index (χ0v) is 10.1. The van der Waals surface area contributed by atoms with E-state index in [4.69, 9.17) is 5.73 Å². The number of benzene rings is 1. The third-order valence-corrected chi connectivity index (χ3v) is 2.16. The molecule has 0 heterocycles.